The number of halogens is 1. The Kier molecular flexibility index (Phi) is 6.37. The standard InChI is InChI=1S/C46H29BrN2/c47-35-26-33(31-20-22-43-40(28-31)39-17-9-10-18-42(39)48(43)36-12-3-1-4-13-36)25-34(27-35)32-21-23-44-41(29-32)46-38-16-8-7-11-30(38)19-24-45(46)49(44)37-14-5-2-6-15-37/h1-29H. The first-order valence-corrected chi connectivity index (χ1v) is 17.4. The van der Waals surface area contributed by atoms with Gasteiger partial charge in [0.25, 0.3) is 0 Å². The molecule has 0 atom stereocenters. The Balaban J connectivity index is 1.16. The van der Waals surface area contributed by atoms with Crippen LogP contribution in [0, 0.1) is 0 Å². The lowest BCUT2D eigenvalue weighted by Gasteiger charge is -2.11. The number of fused-ring (bicyclic) bond motifs is 8. The van der Waals surface area contributed by atoms with Gasteiger partial charge in [0.05, 0.1) is 22.1 Å². The number of hydrogen-bond acceptors (Lipinski definition) is 0. The molecule has 0 fully saturated rings. The van der Waals surface area contributed by atoms with Crippen LogP contribution in [0.25, 0.3) is 88.0 Å². The van der Waals surface area contributed by atoms with Crippen LogP contribution in [0.3, 0.4) is 0 Å². The van der Waals surface area contributed by atoms with Crippen LogP contribution in [0.15, 0.2) is 180 Å². The molecule has 2 heterocycles. The number of hydrogen-bond donors (Lipinski definition) is 0. The Hall–Kier alpha value is -5.90. The van der Waals surface area contributed by atoms with Crippen molar-refractivity contribution in [3.8, 4) is 33.6 Å². The lowest BCUT2D eigenvalue weighted by molar-refractivity contribution is 1.18. The molecule has 2 nitrogen and oxygen atoms in total. The molecule has 0 aliphatic heterocycles. The van der Waals surface area contributed by atoms with Crippen LogP contribution in [0.4, 0.5) is 0 Å². The summed E-state index contributed by atoms with van der Waals surface area (Å²) in [5.74, 6) is 0. The molecule has 8 aromatic carbocycles. The molecule has 0 amide bonds. The Labute approximate surface area is 292 Å². The molecular formula is C46H29BrN2. The Morgan fingerprint density at radius 1 is 0.327 bits per heavy atom. The number of aromatic nitrogens is 2. The van der Waals surface area contributed by atoms with Crippen molar-refractivity contribution in [1.82, 2.24) is 9.13 Å². The molecule has 0 N–H and O–H groups in total. The summed E-state index contributed by atoms with van der Waals surface area (Å²) in [6.07, 6.45) is 0. The van der Waals surface area contributed by atoms with Crippen LogP contribution in [0.1, 0.15) is 0 Å². The predicted octanol–water partition coefficient (Wildman–Crippen LogP) is 13.1. The SMILES string of the molecule is Brc1cc(-c2ccc3c(c2)c2ccccc2n3-c2ccccc2)cc(-c2ccc3c(c2)c2c4ccccc4ccc2n3-c2ccccc2)c1. The third-order valence-corrected chi connectivity index (χ3v) is 10.4. The molecule has 10 rings (SSSR count). The van der Waals surface area contributed by atoms with E-state index in [1.807, 2.05) is 0 Å². The van der Waals surface area contributed by atoms with E-state index >= 15 is 0 Å². The minimum Gasteiger partial charge on any atom is -0.309 e. The van der Waals surface area contributed by atoms with Gasteiger partial charge >= 0.3 is 0 Å². The van der Waals surface area contributed by atoms with Crippen molar-refractivity contribution in [2.45, 2.75) is 0 Å². The van der Waals surface area contributed by atoms with Gasteiger partial charge in [-0.15, -0.1) is 0 Å². The molecule has 3 heteroatoms. The fraction of sp³-hybridized carbons (Fsp3) is 0. The highest BCUT2D eigenvalue weighted by atomic mass is 79.9. The molecule has 0 bridgehead atoms. The van der Waals surface area contributed by atoms with E-state index < -0.39 is 0 Å². The van der Waals surface area contributed by atoms with Crippen LogP contribution < -0.4 is 0 Å². The first kappa shape index (κ1) is 28.1. The predicted molar refractivity (Wildman–Crippen MR) is 211 cm³/mol. The zero-order chi connectivity index (χ0) is 32.5. The Morgan fingerprint density at radius 2 is 0.837 bits per heavy atom. The highest BCUT2D eigenvalue weighted by Crippen LogP contribution is 2.41. The minimum absolute atomic E-state index is 1.06. The molecule has 10 aromatic rings. The van der Waals surface area contributed by atoms with E-state index in [0.29, 0.717) is 0 Å². The fourth-order valence-electron chi connectivity index (χ4n) is 7.76. The largest absolute Gasteiger partial charge is 0.309 e. The van der Waals surface area contributed by atoms with Crippen molar-refractivity contribution in [2.24, 2.45) is 0 Å². The van der Waals surface area contributed by atoms with Gasteiger partial charge in [0.2, 0.25) is 0 Å². The number of rotatable bonds is 4. The summed E-state index contributed by atoms with van der Waals surface area (Å²) in [7, 11) is 0. The van der Waals surface area contributed by atoms with Crippen molar-refractivity contribution in [1.29, 1.82) is 0 Å². The zero-order valence-electron chi connectivity index (χ0n) is 26.5. The van der Waals surface area contributed by atoms with Crippen molar-refractivity contribution >= 4 is 70.3 Å². The van der Waals surface area contributed by atoms with E-state index in [1.54, 1.807) is 0 Å². The fourth-order valence-corrected chi connectivity index (χ4v) is 8.25. The Morgan fingerprint density at radius 3 is 1.53 bits per heavy atom. The van der Waals surface area contributed by atoms with Gasteiger partial charge in [-0.1, -0.05) is 113 Å². The summed E-state index contributed by atoms with van der Waals surface area (Å²) in [6.45, 7) is 0. The van der Waals surface area contributed by atoms with Crippen molar-refractivity contribution < 1.29 is 0 Å². The quantitative estimate of drug-likeness (QED) is 0.174. The van der Waals surface area contributed by atoms with Crippen LogP contribution in [-0.2, 0) is 0 Å². The van der Waals surface area contributed by atoms with Gasteiger partial charge in [-0.2, -0.15) is 0 Å². The van der Waals surface area contributed by atoms with Crippen molar-refractivity contribution in [3.05, 3.63) is 180 Å². The second-order valence-electron chi connectivity index (χ2n) is 12.7. The summed E-state index contributed by atoms with van der Waals surface area (Å²) in [4.78, 5) is 0. The van der Waals surface area contributed by atoms with E-state index in [2.05, 4.69) is 201 Å². The molecule has 230 valence electrons. The summed E-state index contributed by atoms with van der Waals surface area (Å²) < 4.78 is 5.82. The minimum atomic E-state index is 1.06. The average Bonchev–Trinajstić information content (AvgIpc) is 3.68. The lowest BCUT2D eigenvalue weighted by atomic mass is 9.96. The number of para-hydroxylation sites is 3. The second kappa shape index (κ2) is 11.1. The third kappa shape index (κ3) is 4.47. The molecule has 0 spiro atoms. The molecular weight excluding hydrogens is 660 g/mol. The maximum absolute atomic E-state index is 3.88. The van der Waals surface area contributed by atoms with E-state index in [1.165, 1.54) is 88.0 Å². The first-order chi connectivity index (χ1) is 24.2. The third-order valence-electron chi connectivity index (χ3n) is 9.92. The molecule has 49 heavy (non-hydrogen) atoms. The van der Waals surface area contributed by atoms with E-state index in [-0.39, 0.29) is 0 Å². The zero-order valence-corrected chi connectivity index (χ0v) is 28.1. The van der Waals surface area contributed by atoms with Crippen LogP contribution in [0.2, 0.25) is 0 Å². The van der Waals surface area contributed by atoms with Gasteiger partial charge in [-0.3, -0.25) is 0 Å². The smallest absolute Gasteiger partial charge is 0.0547 e. The normalized spacial score (nSPS) is 11.8. The van der Waals surface area contributed by atoms with Crippen molar-refractivity contribution in [2.75, 3.05) is 0 Å². The topological polar surface area (TPSA) is 9.86 Å². The van der Waals surface area contributed by atoms with Gasteiger partial charge in [0.15, 0.2) is 0 Å². The van der Waals surface area contributed by atoms with Crippen molar-refractivity contribution in [3.63, 3.8) is 0 Å². The van der Waals surface area contributed by atoms with Crippen LogP contribution in [-0.4, -0.2) is 9.13 Å². The average molecular weight is 690 g/mol. The molecule has 0 saturated carbocycles. The van der Waals surface area contributed by atoms with Gasteiger partial charge in [0.1, 0.15) is 0 Å². The second-order valence-corrected chi connectivity index (χ2v) is 13.6. The number of nitrogens with zero attached hydrogens (tertiary/aromatic N) is 2. The molecule has 0 radical (unpaired) electrons. The van der Waals surface area contributed by atoms with E-state index in [4.69, 9.17) is 0 Å². The van der Waals surface area contributed by atoms with Crippen LogP contribution >= 0.6 is 15.9 Å². The van der Waals surface area contributed by atoms with Gasteiger partial charge < -0.3 is 9.13 Å². The summed E-state index contributed by atoms with van der Waals surface area (Å²) in [5.41, 5.74) is 11.9. The highest BCUT2D eigenvalue weighted by Gasteiger charge is 2.17. The monoisotopic (exact) mass is 688 g/mol. The lowest BCUT2D eigenvalue weighted by Crippen LogP contribution is -1.93. The van der Waals surface area contributed by atoms with Crippen LogP contribution in [0.5, 0.6) is 0 Å². The summed E-state index contributed by atoms with van der Waals surface area (Å²) >= 11 is 3.88. The maximum Gasteiger partial charge on any atom is 0.0547 e. The number of benzene rings is 8. The summed E-state index contributed by atoms with van der Waals surface area (Å²) in [6, 6.07) is 63.9. The van der Waals surface area contributed by atoms with Gasteiger partial charge in [-0.25, -0.2) is 0 Å². The molecule has 2 aromatic heterocycles. The highest BCUT2D eigenvalue weighted by molar-refractivity contribution is 9.10. The molecule has 0 aliphatic carbocycles. The maximum atomic E-state index is 3.88. The molecule has 0 saturated heterocycles. The van der Waals surface area contributed by atoms with Gasteiger partial charge in [-0.05, 0) is 112 Å². The van der Waals surface area contributed by atoms with Gasteiger partial charge in [0, 0.05) is 37.4 Å². The molecule has 0 aliphatic rings. The van der Waals surface area contributed by atoms with E-state index in [0.717, 1.165) is 4.47 Å². The Bertz CT molecular complexity index is 2880. The molecule has 0 unspecified atom stereocenters. The first-order valence-electron chi connectivity index (χ1n) is 16.6. The summed E-state index contributed by atoms with van der Waals surface area (Å²) in [5, 5.41) is 7.57. The van der Waals surface area contributed by atoms with E-state index in [9.17, 15) is 0 Å².